The quantitative estimate of drug-likeness (QED) is 0.775. The molecule has 0 aliphatic heterocycles. The van der Waals surface area contributed by atoms with Gasteiger partial charge in [0.05, 0.1) is 0 Å². The van der Waals surface area contributed by atoms with Gasteiger partial charge in [-0.3, -0.25) is 4.79 Å². The lowest BCUT2D eigenvalue weighted by atomic mass is 9.94. The van der Waals surface area contributed by atoms with E-state index in [4.69, 9.17) is 26.6 Å². The zero-order valence-electron chi connectivity index (χ0n) is 16.1. The highest BCUT2D eigenvalue weighted by Crippen LogP contribution is 2.23. The van der Waals surface area contributed by atoms with Crippen molar-refractivity contribution in [1.82, 2.24) is 0 Å². The number of hydrogen-bond acceptors (Lipinski definition) is 4. The topological polar surface area (TPSA) is 66.8 Å². The van der Waals surface area contributed by atoms with Crippen LogP contribution in [0.5, 0.6) is 11.5 Å². The molecule has 0 amide bonds. The molecule has 2 rings (SSSR count). The van der Waals surface area contributed by atoms with E-state index in [-0.39, 0.29) is 24.2 Å². The molecule has 2 atom stereocenters. The smallest absolute Gasteiger partial charge is 0.132 e. The van der Waals surface area contributed by atoms with E-state index in [1.165, 1.54) is 5.56 Å². The molecule has 0 spiro atoms. The van der Waals surface area contributed by atoms with Gasteiger partial charge in [0.1, 0.15) is 17.3 Å². The third-order valence-electron chi connectivity index (χ3n) is 3.85. The summed E-state index contributed by atoms with van der Waals surface area (Å²) in [6, 6.07) is 15.3. The summed E-state index contributed by atoms with van der Waals surface area (Å²) in [5, 5.41) is 16.3. The molecule has 0 saturated carbocycles. The Morgan fingerprint density at radius 3 is 1.77 bits per heavy atom. The van der Waals surface area contributed by atoms with Crippen molar-refractivity contribution in [2.75, 3.05) is 13.7 Å². The first-order valence-electron chi connectivity index (χ1n) is 8.39. The molecule has 0 aliphatic carbocycles. The number of benzene rings is 2. The Labute approximate surface area is 161 Å². The fourth-order valence-corrected chi connectivity index (χ4v) is 1.93. The van der Waals surface area contributed by atoms with E-state index >= 15 is 0 Å². The zero-order valence-corrected chi connectivity index (χ0v) is 16.8. The van der Waals surface area contributed by atoms with E-state index in [2.05, 4.69) is 0 Å². The molecule has 144 valence electrons. The van der Waals surface area contributed by atoms with Gasteiger partial charge in [-0.05, 0) is 56.2 Å². The highest BCUT2D eigenvalue weighted by atomic mass is 35.5. The summed E-state index contributed by atoms with van der Waals surface area (Å²) in [4.78, 5) is 10.6. The summed E-state index contributed by atoms with van der Waals surface area (Å²) in [5.41, 5.74) is 1.22. The number of ether oxygens (including phenoxy) is 1. The second-order valence-electron chi connectivity index (χ2n) is 5.93. The minimum atomic E-state index is -0.00463. The molecule has 0 aromatic heterocycles. The Morgan fingerprint density at radius 2 is 1.42 bits per heavy atom. The summed E-state index contributed by atoms with van der Waals surface area (Å²) in [6.07, 6.45) is 0. The number of rotatable bonds is 5. The van der Waals surface area contributed by atoms with Gasteiger partial charge in [-0.1, -0.05) is 43.1 Å². The van der Waals surface area contributed by atoms with E-state index in [1.807, 2.05) is 69.3 Å². The van der Waals surface area contributed by atoms with E-state index in [0.29, 0.717) is 5.02 Å². The van der Waals surface area contributed by atoms with E-state index in [9.17, 15) is 4.79 Å². The highest BCUT2D eigenvalue weighted by molar-refractivity contribution is 6.30. The number of hydrogen-bond donors (Lipinski definition) is 2. The van der Waals surface area contributed by atoms with E-state index < -0.39 is 0 Å². The van der Waals surface area contributed by atoms with Crippen molar-refractivity contribution in [2.24, 2.45) is 11.8 Å². The maximum Gasteiger partial charge on any atom is 0.132 e. The number of halogens is 1. The van der Waals surface area contributed by atoms with Crippen LogP contribution < -0.4 is 4.74 Å². The summed E-state index contributed by atoms with van der Waals surface area (Å²) in [6.45, 7) is 7.40. The molecule has 5 heteroatoms. The van der Waals surface area contributed by atoms with Gasteiger partial charge in [0.2, 0.25) is 0 Å². The first-order chi connectivity index (χ1) is 12.3. The molecule has 2 unspecified atom stereocenters. The van der Waals surface area contributed by atoms with Crippen molar-refractivity contribution in [3.05, 3.63) is 59.1 Å². The zero-order chi connectivity index (χ0) is 20.1. The molecular formula is C21H29ClO4. The number of carbonyl (C=O) groups excluding carboxylic acids is 1. The average Bonchev–Trinajstić information content (AvgIpc) is 2.66. The van der Waals surface area contributed by atoms with Gasteiger partial charge in [-0.2, -0.15) is 0 Å². The Kier molecular flexibility index (Phi) is 12.4. The van der Waals surface area contributed by atoms with Crippen LogP contribution in [-0.2, 0) is 4.79 Å². The molecule has 0 bridgehead atoms. The molecule has 0 fully saturated rings. The second-order valence-corrected chi connectivity index (χ2v) is 6.36. The van der Waals surface area contributed by atoms with Gasteiger partial charge < -0.3 is 14.9 Å². The van der Waals surface area contributed by atoms with Crippen LogP contribution in [0.15, 0.2) is 48.5 Å². The predicted molar refractivity (Wildman–Crippen MR) is 107 cm³/mol. The number of aryl methyl sites for hydroxylation is 1. The lowest BCUT2D eigenvalue weighted by molar-refractivity contribution is -0.122. The molecule has 4 nitrogen and oxygen atoms in total. The molecule has 2 aromatic carbocycles. The minimum absolute atomic E-state index is 0.00463. The molecule has 2 N–H and O–H groups in total. The highest BCUT2D eigenvalue weighted by Gasteiger charge is 2.14. The largest absolute Gasteiger partial charge is 0.457 e. The lowest BCUT2D eigenvalue weighted by Crippen LogP contribution is -2.18. The normalized spacial score (nSPS) is 11.8. The number of carbonyl (C=O) groups is 1. The van der Waals surface area contributed by atoms with Crippen LogP contribution in [0, 0.1) is 18.8 Å². The monoisotopic (exact) mass is 380 g/mol. The Hall–Kier alpha value is -1.88. The van der Waals surface area contributed by atoms with Gasteiger partial charge >= 0.3 is 0 Å². The van der Waals surface area contributed by atoms with E-state index in [1.54, 1.807) is 6.92 Å². The maximum absolute atomic E-state index is 10.6. The molecular weight excluding hydrogens is 352 g/mol. The average molecular weight is 381 g/mol. The van der Waals surface area contributed by atoms with Crippen molar-refractivity contribution in [2.45, 2.75) is 27.7 Å². The van der Waals surface area contributed by atoms with E-state index in [0.717, 1.165) is 18.6 Å². The summed E-state index contributed by atoms with van der Waals surface area (Å²) < 4.78 is 5.63. The third kappa shape index (κ3) is 9.56. The fourth-order valence-electron chi connectivity index (χ4n) is 1.80. The second kappa shape index (κ2) is 13.3. The number of aliphatic hydroxyl groups is 2. The maximum atomic E-state index is 10.6. The molecule has 0 heterocycles. The SMILES string of the molecule is CC(=O)C(C)C(C)CO.CO.Cc1ccc(Oc2ccc(Cl)cc2)cc1. The number of Topliss-reactive ketones (excluding diaryl/α,β-unsaturated/α-hetero) is 1. The first kappa shape index (κ1) is 24.1. The van der Waals surface area contributed by atoms with Crippen molar-refractivity contribution in [3.63, 3.8) is 0 Å². The lowest BCUT2D eigenvalue weighted by Gasteiger charge is -2.12. The van der Waals surface area contributed by atoms with Crippen LogP contribution in [-0.4, -0.2) is 29.7 Å². The number of ketones is 1. The van der Waals surface area contributed by atoms with Gasteiger partial charge in [0.15, 0.2) is 0 Å². The van der Waals surface area contributed by atoms with Gasteiger partial charge in [-0.15, -0.1) is 0 Å². The summed E-state index contributed by atoms with van der Waals surface area (Å²) in [7, 11) is 1.00. The summed E-state index contributed by atoms with van der Waals surface area (Å²) in [5.74, 6) is 1.88. The fraction of sp³-hybridized carbons (Fsp3) is 0.381. The van der Waals surface area contributed by atoms with Crippen molar-refractivity contribution < 1.29 is 19.7 Å². The van der Waals surface area contributed by atoms with Crippen LogP contribution in [0.25, 0.3) is 0 Å². The minimum Gasteiger partial charge on any atom is -0.457 e. The van der Waals surface area contributed by atoms with Crippen molar-refractivity contribution in [3.8, 4) is 11.5 Å². The number of aliphatic hydroxyl groups excluding tert-OH is 2. The van der Waals surface area contributed by atoms with Crippen LogP contribution in [0.3, 0.4) is 0 Å². The Balaban J connectivity index is 0.000000492. The standard InChI is InChI=1S/C13H11ClO.C7H14O2.CH4O/c1-10-2-6-12(7-3-10)15-13-8-4-11(14)5-9-13;1-5(4-8)6(2)7(3)9;1-2/h2-9H,1H3;5-6,8H,4H2,1-3H3;2H,1H3. The van der Waals surface area contributed by atoms with Crippen LogP contribution in [0.2, 0.25) is 5.02 Å². The van der Waals surface area contributed by atoms with Gasteiger partial charge in [0, 0.05) is 24.7 Å². The molecule has 2 aromatic rings. The van der Waals surface area contributed by atoms with Gasteiger partial charge in [0.25, 0.3) is 0 Å². The predicted octanol–water partition coefficient (Wildman–Crippen LogP) is 4.89. The first-order valence-corrected chi connectivity index (χ1v) is 8.77. The Bertz CT molecular complexity index is 580. The van der Waals surface area contributed by atoms with Crippen LogP contribution >= 0.6 is 11.6 Å². The molecule has 0 aliphatic rings. The van der Waals surface area contributed by atoms with Gasteiger partial charge in [-0.25, -0.2) is 0 Å². The summed E-state index contributed by atoms with van der Waals surface area (Å²) >= 11 is 5.78. The molecule has 0 saturated heterocycles. The van der Waals surface area contributed by atoms with Crippen LogP contribution in [0.4, 0.5) is 0 Å². The van der Waals surface area contributed by atoms with Crippen molar-refractivity contribution in [1.29, 1.82) is 0 Å². The molecule has 26 heavy (non-hydrogen) atoms. The van der Waals surface area contributed by atoms with Crippen LogP contribution in [0.1, 0.15) is 26.3 Å². The third-order valence-corrected chi connectivity index (χ3v) is 4.11. The molecule has 0 radical (unpaired) electrons. The Morgan fingerprint density at radius 1 is 1.00 bits per heavy atom. The van der Waals surface area contributed by atoms with Crippen molar-refractivity contribution >= 4 is 17.4 Å².